The molecule has 3 heterocycles. The first-order valence-corrected chi connectivity index (χ1v) is 9.62. The Bertz CT molecular complexity index is 663. The van der Waals surface area contributed by atoms with Crippen LogP contribution in [0.2, 0.25) is 5.02 Å². The third-order valence-electron chi connectivity index (χ3n) is 5.50. The second-order valence-electron chi connectivity index (χ2n) is 7.96. The molecule has 2 saturated heterocycles. The van der Waals surface area contributed by atoms with E-state index in [2.05, 4.69) is 20.2 Å². The van der Waals surface area contributed by atoms with Crippen molar-refractivity contribution in [2.45, 2.75) is 43.4 Å². The lowest BCUT2D eigenvalue weighted by Gasteiger charge is -2.53. The normalized spacial score (nSPS) is 27.8. The number of nitrogens with one attached hydrogen (secondary N) is 1. The SMILES string of the molecule is CN(C)CC(=O)N[C@@]1(C)CCOC2(CCN(c3ncc(Cl)cn3)CC2)[C@@H]1O. The molecule has 3 rings (SSSR count). The predicted octanol–water partition coefficient (Wildman–Crippen LogP) is 0.687. The Morgan fingerprint density at radius 2 is 2.00 bits per heavy atom. The lowest BCUT2D eigenvalue weighted by molar-refractivity contribution is -0.198. The number of halogens is 1. The third-order valence-corrected chi connectivity index (χ3v) is 5.69. The fraction of sp³-hybridized carbons (Fsp3) is 0.722. The smallest absolute Gasteiger partial charge is 0.234 e. The molecule has 0 unspecified atom stereocenters. The van der Waals surface area contributed by atoms with Gasteiger partial charge in [0.1, 0.15) is 6.10 Å². The van der Waals surface area contributed by atoms with Crippen molar-refractivity contribution in [3.05, 3.63) is 17.4 Å². The molecule has 0 aromatic carbocycles. The van der Waals surface area contributed by atoms with Crippen LogP contribution in [0.25, 0.3) is 0 Å². The van der Waals surface area contributed by atoms with Gasteiger partial charge in [-0.15, -0.1) is 0 Å². The highest BCUT2D eigenvalue weighted by Crippen LogP contribution is 2.40. The number of aliphatic hydroxyl groups is 1. The number of amides is 1. The Morgan fingerprint density at radius 1 is 1.37 bits per heavy atom. The number of aliphatic hydroxyl groups excluding tert-OH is 1. The summed E-state index contributed by atoms with van der Waals surface area (Å²) in [7, 11) is 3.69. The molecule has 1 spiro atoms. The summed E-state index contributed by atoms with van der Waals surface area (Å²) in [5.74, 6) is 0.534. The minimum atomic E-state index is -0.779. The molecular formula is C18H28ClN5O3. The molecule has 9 heteroatoms. The maximum absolute atomic E-state index is 12.3. The molecule has 2 aliphatic rings. The fourth-order valence-corrected chi connectivity index (χ4v) is 4.11. The first-order chi connectivity index (χ1) is 12.7. The predicted molar refractivity (Wildman–Crippen MR) is 103 cm³/mol. The van der Waals surface area contributed by atoms with Gasteiger partial charge in [0.05, 0.1) is 35.1 Å². The van der Waals surface area contributed by atoms with E-state index in [0.717, 1.165) is 0 Å². The minimum Gasteiger partial charge on any atom is -0.388 e. The topological polar surface area (TPSA) is 90.8 Å². The molecule has 0 bridgehead atoms. The molecule has 27 heavy (non-hydrogen) atoms. The van der Waals surface area contributed by atoms with Gasteiger partial charge in [-0.25, -0.2) is 9.97 Å². The van der Waals surface area contributed by atoms with E-state index in [4.69, 9.17) is 16.3 Å². The number of anilines is 1. The minimum absolute atomic E-state index is 0.0920. The number of hydrogen-bond acceptors (Lipinski definition) is 7. The maximum atomic E-state index is 12.3. The number of likely N-dealkylation sites (N-methyl/N-ethyl adjacent to an activating group) is 1. The molecule has 2 fully saturated rings. The molecule has 0 aliphatic carbocycles. The number of carbonyl (C=O) groups is 1. The molecular weight excluding hydrogens is 370 g/mol. The van der Waals surface area contributed by atoms with Crippen LogP contribution in [0.4, 0.5) is 5.95 Å². The number of rotatable bonds is 4. The lowest BCUT2D eigenvalue weighted by Crippen LogP contribution is -2.69. The van der Waals surface area contributed by atoms with Crippen LogP contribution in [0, 0.1) is 0 Å². The summed E-state index contributed by atoms with van der Waals surface area (Å²) in [4.78, 5) is 24.7. The summed E-state index contributed by atoms with van der Waals surface area (Å²) in [5, 5.41) is 14.7. The van der Waals surface area contributed by atoms with Crippen molar-refractivity contribution in [3.8, 4) is 0 Å². The van der Waals surface area contributed by atoms with Crippen molar-refractivity contribution in [1.82, 2.24) is 20.2 Å². The molecule has 2 aliphatic heterocycles. The Hall–Kier alpha value is -1.48. The summed E-state index contributed by atoms with van der Waals surface area (Å²) >= 11 is 5.86. The van der Waals surface area contributed by atoms with Crippen LogP contribution < -0.4 is 10.2 Å². The van der Waals surface area contributed by atoms with Crippen LogP contribution in [0.5, 0.6) is 0 Å². The highest BCUT2D eigenvalue weighted by molar-refractivity contribution is 6.30. The highest BCUT2D eigenvalue weighted by atomic mass is 35.5. The summed E-state index contributed by atoms with van der Waals surface area (Å²) in [6.45, 7) is 4.04. The van der Waals surface area contributed by atoms with E-state index >= 15 is 0 Å². The molecule has 1 aromatic rings. The van der Waals surface area contributed by atoms with E-state index in [0.29, 0.717) is 49.9 Å². The van der Waals surface area contributed by atoms with E-state index in [9.17, 15) is 9.90 Å². The van der Waals surface area contributed by atoms with Gasteiger partial charge in [0.2, 0.25) is 11.9 Å². The Morgan fingerprint density at radius 3 is 2.59 bits per heavy atom. The van der Waals surface area contributed by atoms with Gasteiger partial charge >= 0.3 is 0 Å². The number of piperidine rings is 1. The first kappa shape index (κ1) is 20.3. The van der Waals surface area contributed by atoms with Crippen molar-refractivity contribution >= 4 is 23.5 Å². The summed E-state index contributed by atoms with van der Waals surface area (Å²) in [6, 6.07) is 0. The zero-order valence-corrected chi connectivity index (χ0v) is 16.9. The van der Waals surface area contributed by atoms with Crippen LogP contribution in [0.15, 0.2) is 12.4 Å². The summed E-state index contributed by atoms with van der Waals surface area (Å²) in [5.41, 5.74) is -1.37. The van der Waals surface area contributed by atoms with Crippen molar-refractivity contribution in [3.63, 3.8) is 0 Å². The van der Waals surface area contributed by atoms with Crippen molar-refractivity contribution in [2.75, 3.05) is 45.2 Å². The van der Waals surface area contributed by atoms with Gasteiger partial charge in [0.15, 0.2) is 0 Å². The Kier molecular flexibility index (Phi) is 5.90. The molecule has 1 amide bonds. The molecule has 150 valence electrons. The largest absolute Gasteiger partial charge is 0.388 e. The molecule has 0 radical (unpaired) electrons. The van der Waals surface area contributed by atoms with Crippen molar-refractivity contribution in [1.29, 1.82) is 0 Å². The number of aromatic nitrogens is 2. The van der Waals surface area contributed by atoms with E-state index in [-0.39, 0.29) is 12.5 Å². The van der Waals surface area contributed by atoms with Crippen LogP contribution in [0.1, 0.15) is 26.2 Å². The lowest BCUT2D eigenvalue weighted by atomic mass is 9.73. The van der Waals surface area contributed by atoms with E-state index < -0.39 is 17.2 Å². The zero-order valence-electron chi connectivity index (χ0n) is 16.1. The van der Waals surface area contributed by atoms with Gasteiger partial charge in [0, 0.05) is 19.7 Å². The van der Waals surface area contributed by atoms with Crippen molar-refractivity contribution < 1.29 is 14.6 Å². The van der Waals surface area contributed by atoms with Gasteiger partial charge in [-0.3, -0.25) is 4.79 Å². The summed E-state index contributed by atoms with van der Waals surface area (Å²) in [6.07, 6.45) is 4.24. The van der Waals surface area contributed by atoms with Crippen molar-refractivity contribution in [2.24, 2.45) is 0 Å². The van der Waals surface area contributed by atoms with Crippen LogP contribution in [-0.4, -0.2) is 83.5 Å². The first-order valence-electron chi connectivity index (χ1n) is 9.24. The number of hydrogen-bond donors (Lipinski definition) is 2. The zero-order chi connectivity index (χ0) is 19.7. The molecule has 8 nitrogen and oxygen atoms in total. The monoisotopic (exact) mass is 397 g/mol. The second-order valence-corrected chi connectivity index (χ2v) is 8.39. The highest BCUT2D eigenvalue weighted by Gasteiger charge is 2.53. The fourth-order valence-electron chi connectivity index (χ4n) is 4.01. The maximum Gasteiger partial charge on any atom is 0.234 e. The van der Waals surface area contributed by atoms with Gasteiger partial charge < -0.3 is 25.0 Å². The van der Waals surface area contributed by atoms with Gasteiger partial charge in [-0.05, 0) is 40.3 Å². The Balaban J connectivity index is 1.67. The second kappa shape index (κ2) is 7.87. The van der Waals surface area contributed by atoms with Gasteiger partial charge in [0.25, 0.3) is 0 Å². The number of carbonyl (C=O) groups excluding carboxylic acids is 1. The van der Waals surface area contributed by atoms with Gasteiger partial charge in [-0.1, -0.05) is 11.6 Å². The molecule has 2 N–H and O–H groups in total. The Labute approximate surface area is 164 Å². The summed E-state index contributed by atoms with van der Waals surface area (Å²) < 4.78 is 6.08. The van der Waals surface area contributed by atoms with E-state index in [1.165, 1.54) is 0 Å². The number of ether oxygens (including phenoxy) is 1. The molecule has 0 saturated carbocycles. The average Bonchev–Trinajstić information content (AvgIpc) is 2.60. The van der Waals surface area contributed by atoms with E-state index in [1.807, 2.05) is 25.9 Å². The van der Waals surface area contributed by atoms with Gasteiger partial charge in [-0.2, -0.15) is 0 Å². The average molecular weight is 398 g/mol. The van der Waals surface area contributed by atoms with Crippen LogP contribution in [-0.2, 0) is 9.53 Å². The van der Waals surface area contributed by atoms with Crippen LogP contribution in [0.3, 0.4) is 0 Å². The molecule has 1 aromatic heterocycles. The van der Waals surface area contributed by atoms with Crippen LogP contribution >= 0.6 is 11.6 Å². The van der Waals surface area contributed by atoms with E-state index in [1.54, 1.807) is 12.4 Å². The number of nitrogens with zero attached hydrogens (tertiary/aromatic N) is 4. The molecule has 2 atom stereocenters. The quantitative estimate of drug-likeness (QED) is 0.772. The standard InChI is InChI=1S/C18H28ClN5O3/c1-17(22-14(25)12-23(2)3)6-9-27-18(15(17)26)4-7-24(8-5-18)16-20-10-13(19)11-21-16/h10-11,15,26H,4-9,12H2,1-3H3,(H,22,25)/t15-,17+/m1/s1. The third kappa shape index (κ3) is 4.34.